The minimum absolute atomic E-state index is 0.655. The molecule has 3 heteroatoms. The van der Waals surface area contributed by atoms with Crippen LogP contribution in [0.3, 0.4) is 0 Å². The first-order valence-electron chi connectivity index (χ1n) is 6.20. The lowest BCUT2D eigenvalue weighted by Crippen LogP contribution is -2.16. The SMILES string of the molecule is C=C(C)CCOc1cccc(CNC2CC2)n1. The second-order valence-electron chi connectivity index (χ2n) is 4.68. The summed E-state index contributed by atoms with van der Waals surface area (Å²) in [4.78, 5) is 4.45. The van der Waals surface area contributed by atoms with Crippen LogP contribution in [0.15, 0.2) is 30.4 Å². The summed E-state index contributed by atoms with van der Waals surface area (Å²) in [6.45, 7) is 7.35. The zero-order valence-corrected chi connectivity index (χ0v) is 10.4. The van der Waals surface area contributed by atoms with Crippen molar-refractivity contribution in [1.82, 2.24) is 10.3 Å². The van der Waals surface area contributed by atoms with E-state index in [0.717, 1.165) is 24.2 Å². The second kappa shape index (κ2) is 5.82. The van der Waals surface area contributed by atoms with Gasteiger partial charge < -0.3 is 10.1 Å². The van der Waals surface area contributed by atoms with E-state index in [9.17, 15) is 0 Å². The van der Waals surface area contributed by atoms with E-state index in [2.05, 4.69) is 16.9 Å². The zero-order valence-electron chi connectivity index (χ0n) is 10.4. The number of hydrogen-bond acceptors (Lipinski definition) is 3. The van der Waals surface area contributed by atoms with E-state index in [0.29, 0.717) is 18.5 Å². The first kappa shape index (κ1) is 12.1. The molecule has 1 aromatic heterocycles. The molecule has 0 aromatic carbocycles. The fourth-order valence-corrected chi connectivity index (χ4v) is 1.50. The fourth-order valence-electron chi connectivity index (χ4n) is 1.50. The van der Waals surface area contributed by atoms with E-state index in [4.69, 9.17) is 4.74 Å². The fraction of sp³-hybridized carbons (Fsp3) is 0.500. The molecule has 0 saturated heterocycles. The van der Waals surface area contributed by atoms with Crippen LogP contribution in [0.5, 0.6) is 5.88 Å². The van der Waals surface area contributed by atoms with Gasteiger partial charge in [0.2, 0.25) is 5.88 Å². The second-order valence-corrected chi connectivity index (χ2v) is 4.68. The maximum Gasteiger partial charge on any atom is 0.213 e. The quantitative estimate of drug-likeness (QED) is 0.734. The van der Waals surface area contributed by atoms with Crippen LogP contribution in [0.4, 0.5) is 0 Å². The van der Waals surface area contributed by atoms with Crippen LogP contribution < -0.4 is 10.1 Å². The van der Waals surface area contributed by atoms with Crippen LogP contribution in [-0.2, 0) is 6.54 Å². The van der Waals surface area contributed by atoms with Crippen molar-refractivity contribution in [3.05, 3.63) is 36.0 Å². The molecule has 0 atom stereocenters. The third-order valence-corrected chi connectivity index (χ3v) is 2.71. The highest BCUT2D eigenvalue weighted by Crippen LogP contribution is 2.19. The van der Waals surface area contributed by atoms with Gasteiger partial charge in [0, 0.05) is 25.1 Å². The summed E-state index contributed by atoms with van der Waals surface area (Å²) >= 11 is 0. The van der Waals surface area contributed by atoms with Crippen LogP contribution in [0.2, 0.25) is 0 Å². The molecule has 3 nitrogen and oxygen atoms in total. The highest BCUT2D eigenvalue weighted by molar-refractivity contribution is 5.16. The standard InChI is InChI=1S/C14H20N2O/c1-11(2)8-9-17-14-5-3-4-13(16-14)10-15-12-6-7-12/h3-5,12,15H,1,6-10H2,2H3. The summed E-state index contributed by atoms with van der Waals surface area (Å²) in [5.74, 6) is 0.710. The Kier molecular flexibility index (Phi) is 4.15. The van der Waals surface area contributed by atoms with Gasteiger partial charge in [-0.1, -0.05) is 11.6 Å². The number of nitrogens with zero attached hydrogens (tertiary/aromatic N) is 1. The third-order valence-electron chi connectivity index (χ3n) is 2.71. The predicted molar refractivity (Wildman–Crippen MR) is 69.0 cm³/mol. The highest BCUT2D eigenvalue weighted by atomic mass is 16.5. The molecule has 0 spiro atoms. The Morgan fingerprint density at radius 3 is 3.06 bits per heavy atom. The van der Waals surface area contributed by atoms with Gasteiger partial charge in [-0.25, -0.2) is 4.98 Å². The van der Waals surface area contributed by atoms with Crippen molar-refractivity contribution in [3.8, 4) is 5.88 Å². The van der Waals surface area contributed by atoms with E-state index < -0.39 is 0 Å². The van der Waals surface area contributed by atoms with Gasteiger partial charge in [0.1, 0.15) is 0 Å². The first-order valence-corrected chi connectivity index (χ1v) is 6.20. The topological polar surface area (TPSA) is 34.1 Å². The Balaban J connectivity index is 1.79. The molecule has 1 N–H and O–H groups in total. The number of aromatic nitrogens is 1. The average molecular weight is 232 g/mol. The van der Waals surface area contributed by atoms with E-state index >= 15 is 0 Å². The Labute approximate surface area is 103 Å². The van der Waals surface area contributed by atoms with E-state index in [1.165, 1.54) is 12.8 Å². The molecular formula is C14H20N2O. The average Bonchev–Trinajstić information content (AvgIpc) is 3.10. The Morgan fingerprint density at radius 2 is 2.35 bits per heavy atom. The molecule has 0 bridgehead atoms. The lowest BCUT2D eigenvalue weighted by atomic mass is 10.3. The van der Waals surface area contributed by atoms with Gasteiger partial charge in [-0.15, -0.1) is 6.58 Å². The van der Waals surface area contributed by atoms with Gasteiger partial charge in [0.15, 0.2) is 0 Å². The summed E-state index contributed by atoms with van der Waals surface area (Å²) in [6, 6.07) is 6.64. The summed E-state index contributed by atoms with van der Waals surface area (Å²) in [7, 11) is 0. The molecule has 0 aliphatic heterocycles. The molecule has 1 aromatic rings. The van der Waals surface area contributed by atoms with Crippen LogP contribution in [0, 0.1) is 0 Å². The lowest BCUT2D eigenvalue weighted by Gasteiger charge is -2.07. The summed E-state index contributed by atoms with van der Waals surface area (Å²) in [5, 5.41) is 3.44. The molecule has 1 saturated carbocycles. The van der Waals surface area contributed by atoms with Gasteiger partial charge in [-0.05, 0) is 25.8 Å². The van der Waals surface area contributed by atoms with Crippen LogP contribution >= 0.6 is 0 Å². The summed E-state index contributed by atoms with van der Waals surface area (Å²) in [5.41, 5.74) is 2.18. The van der Waals surface area contributed by atoms with E-state index in [1.54, 1.807) is 0 Å². The van der Waals surface area contributed by atoms with Gasteiger partial charge in [0.05, 0.1) is 12.3 Å². The maximum absolute atomic E-state index is 5.58. The monoisotopic (exact) mass is 232 g/mol. The molecule has 92 valence electrons. The molecule has 17 heavy (non-hydrogen) atoms. The van der Waals surface area contributed by atoms with Crippen molar-refractivity contribution < 1.29 is 4.74 Å². The minimum Gasteiger partial charge on any atom is -0.477 e. The number of nitrogens with one attached hydrogen (secondary N) is 1. The predicted octanol–water partition coefficient (Wildman–Crippen LogP) is 2.68. The lowest BCUT2D eigenvalue weighted by molar-refractivity contribution is 0.308. The molecule has 2 rings (SSSR count). The minimum atomic E-state index is 0.655. The molecule has 1 heterocycles. The van der Waals surface area contributed by atoms with Crippen molar-refractivity contribution in [2.75, 3.05) is 6.61 Å². The first-order chi connectivity index (χ1) is 8.24. The maximum atomic E-state index is 5.58. The van der Waals surface area contributed by atoms with Crippen molar-refractivity contribution in [1.29, 1.82) is 0 Å². The van der Waals surface area contributed by atoms with Crippen molar-refractivity contribution in [2.45, 2.75) is 38.8 Å². The van der Waals surface area contributed by atoms with Gasteiger partial charge in [-0.3, -0.25) is 0 Å². The largest absolute Gasteiger partial charge is 0.477 e. The summed E-state index contributed by atoms with van der Waals surface area (Å²) < 4.78 is 5.58. The highest BCUT2D eigenvalue weighted by Gasteiger charge is 2.20. The van der Waals surface area contributed by atoms with E-state index in [-0.39, 0.29) is 0 Å². The van der Waals surface area contributed by atoms with Crippen LogP contribution in [0.1, 0.15) is 31.9 Å². The molecule has 0 unspecified atom stereocenters. The molecular weight excluding hydrogens is 212 g/mol. The van der Waals surface area contributed by atoms with Gasteiger partial charge in [0.25, 0.3) is 0 Å². The smallest absolute Gasteiger partial charge is 0.213 e. The van der Waals surface area contributed by atoms with Crippen molar-refractivity contribution in [2.24, 2.45) is 0 Å². The molecule has 0 radical (unpaired) electrons. The van der Waals surface area contributed by atoms with Crippen molar-refractivity contribution >= 4 is 0 Å². The Bertz CT molecular complexity index is 386. The van der Waals surface area contributed by atoms with Crippen molar-refractivity contribution in [3.63, 3.8) is 0 Å². The number of ether oxygens (including phenoxy) is 1. The number of hydrogen-bond donors (Lipinski definition) is 1. The van der Waals surface area contributed by atoms with Crippen LogP contribution in [0.25, 0.3) is 0 Å². The van der Waals surface area contributed by atoms with Gasteiger partial charge in [-0.2, -0.15) is 0 Å². The molecule has 1 fully saturated rings. The summed E-state index contributed by atoms with van der Waals surface area (Å²) in [6.07, 6.45) is 3.48. The third kappa shape index (κ3) is 4.57. The van der Waals surface area contributed by atoms with Crippen LogP contribution in [-0.4, -0.2) is 17.6 Å². The van der Waals surface area contributed by atoms with E-state index in [1.807, 2.05) is 25.1 Å². The number of rotatable bonds is 7. The Hall–Kier alpha value is -1.35. The molecule has 1 aliphatic carbocycles. The normalized spacial score (nSPS) is 14.6. The number of pyridine rings is 1. The van der Waals surface area contributed by atoms with Gasteiger partial charge >= 0.3 is 0 Å². The molecule has 1 aliphatic rings. The Morgan fingerprint density at radius 1 is 1.53 bits per heavy atom. The zero-order chi connectivity index (χ0) is 12.1. The molecule has 0 amide bonds.